The third kappa shape index (κ3) is 9.61. The lowest BCUT2D eigenvalue weighted by molar-refractivity contribution is -0.0455. The molecule has 11 atom stereocenters. The molecular formula is C19H34B2O14P2. The van der Waals surface area contributed by atoms with Crippen LogP contribution < -0.4 is 0 Å². The summed E-state index contributed by atoms with van der Waals surface area (Å²) in [5.41, 5.74) is 0. The number of rotatable bonds is 15. The van der Waals surface area contributed by atoms with Crippen LogP contribution in [0.5, 0.6) is 0 Å². The van der Waals surface area contributed by atoms with E-state index >= 15 is 0 Å². The Morgan fingerprint density at radius 2 is 1.27 bits per heavy atom. The molecule has 0 aromatic rings. The molecule has 210 valence electrons. The number of hydrogen-bond acceptors (Lipinski definition) is 12. The Hall–Kier alpha value is 0.110. The number of aliphatic hydroxyl groups excluding tert-OH is 1. The molecule has 4 radical (unpaired) electrons. The Bertz CT molecular complexity index is 811. The number of aliphatic hydroxyl groups is 1. The van der Waals surface area contributed by atoms with Gasteiger partial charge in [-0.3, -0.25) is 18.1 Å². The molecule has 3 rings (SSSR count). The molecule has 5 unspecified atom stereocenters. The van der Waals surface area contributed by atoms with E-state index in [-0.39, 0.29) is 39.1 Å². The molecule has 18 heteroatoms. The second-order valence-corrected chi connectivity index (χ2v) is 11.8. The topological polar surface area (TPSA) is 178 Å². The first kappa shape index (κ1) is 31.6. The van der Waals surface area contributed by atoms with Crippen molar-refractivity contribution in [2.24, 2.45) is 0 Å². The van der Waals surface area contributed by atoms with E-state index in [1.165, 1.54) is 14.2 Å². The van der Waals surface area contributed by atoms with Crippen LogP contribution in [-0.4, -0.2) is 126 Å². The van der Waals surface area contributed by atoms with Gasteiger partial charge in [0.1, 0.15) is 40.1 Å². The van der Waals surface area contributed by atoms with E-state index in [1.807, 2.05) is 0 Å². The van der Waals surface area contributed by atoms with Crippen LogP contribution >= 0.6 is 15.6 Å². The van der Waals surface area contributed by atoms with Gasteiger partial charge < -0.3 is 38.6 Å². The van der Waals surface area contributed by atoms with Gasteiger partial charge in [-0.1, -0.05) is 0 Å². The monoisotopic (exact) mass is 570 g/mol. The van der Waals surface area contributed by atoms with E-state index in [0.29, 0.717) is 6.42 Å². The van der Waals surface area contributed by atoms with E-state index in [4.69, 9.17) is 57.5 Å². The zero-order valence-electron chi connectivity index (χ0n) is 20.7. The quantitative estimate of drug-likeness (QED) is 0.174. The number of ether oxygens (including phenoxy) is 5. The Labute approximate surface area is 218 Å². The lowest BCUT2D eigenvalue weighted by Crippen LogP contribution is -2.31. The molecule has 3 aliphatic heterocycles. The lowest BCUT2D eigenvalue weighted by atomic mass is 9.96. The molecule has 0 bridgehead atoms. The van der Waals surface area contributed by atoms with Crippen LogP contribution in [0.4, 0.5) is 0 Å². The van der Waals surface area contributed by atoms with E-state index in [9.17, 15) is 24.0 Å². The van der Waals surface area contributed by atoms with Gasteiger partial charge in [-0.25, -0.2) is 9.13 Å². The van der Waals surface area contributed by atoms with Crippen LogP contribution in [0.3, 0.4) is 0 Å². The molecule has 37 heavy (non-hydrogen) atoms. The van der Waals surface area contributed by atoms with Crippen molar-refractivity contribution in [3.05, 3.63) is 0 Å². The van der Waals surface area contributed by atoms with Crippen molar-refractivity contribution < 1.29 is 65.8 Å². The lowest BCUT2D eigenvalue weighted by Gasteiger charge is -2.25. The van der Waals surface area contributed by atoms with E-state index < -0.39 is 77.0 Å². The summed E-state index contributed by atoms with van der Waals surface area (Å²) in [7, 11) is 5.12. The van der Waals surface area contributed by atoms with Crippen molar-refractivity contribution in [3.8, 4) is 0 Å². The van der Waals surface area contributed by atoms with Crippen molar-refractivity contribution in [1.82, 2.24) is 0 Å². The summed E-state index contributed by atoms with van der Waals surface area (Å²) in [6, 6.07) is -1.28. The van der Waals surface area contributed by atoms with Crippen LogP contribution in [0.2, 0.25) is 0 Å². The summed E-state index contributed by atoms with van der Waals surface area (Å²) in [6.45, 7) is -0.942. The fraction of sp³-hybridized carbons (Fsp3) is 1.00. The van der Waals surface area contributed by atoms with Gasteiger partial charge in [0.05, 0.1) is 38.1 Å². The molecular weight excluding hydrogens is 536 g/mol. The van der Waals surface area contributed by atoms with Crippen LogP contribution in [-0.2, 0) is 50.9 Å². The second-order valence-electron chi connectivity index (χ2n) is 8.99. The van der Waals surface area contributed by atoms with Gasteiger partial charge in [-0.05, 0) is 19.3 Å². The van der Waals surface area contributed by atoms with Gasteiger partial charge in [0, 0.05) is 39.3 Å². The summed E-state index contributed by atoms with van der Waals surface area (Å²) < 4.78 is 72.8. The first-order valence-electron chi connectivity index (χ1n) is 11.9. The molecule has 3 fully saturated rings. The first-order chi connectivity index (χ1) is 17.4. The predicted octanol–water partition coefficient (Wildman–Crippen LogP) is -0.241. The fourth-order valence-corrected chi connectivity index (χ4v) is 6.36. The smallest absolute Gasteiger partial charge is 0.396 e. The highest BCUT2D eigenvalue weighted by atomic mass is 31.2. The second kappa shape index (κ2) is 14.1. The van der Waals surface area contributed by atoms with Gasteiger partial charge >= 0.3 is 15.6 Å². The maximum Gasteiger partial charge on any atom is 0.472 e. The minimum Gasteiger partial charge on any atom is -0.396 e. The average molecular weight is 570 g/mol. The number of phosphoric acid groups is 2. The van der Waals surface area contributed by atoms with E-state index in [2.05, 4.69) is 0 Å². The summed E-state index contributed by atoms with van der Waals surface area (Å²) in [6.07, 6.45) is -4.38. The van der Waals surface area contributed by atoms with Crippen molar-refractivity contribution in [2.75, 3.05) is 40.6 Å². The Kier molecular flexibility index (Phi) is 12.1. The first-order valence-corrected chi connectivity index (χ1v) is 14.9. The highest BCUT2D eigenvalue weighted by Crippen LogP contribution is 2.50. The third-order valence-corrected chi connectivity index (χ3v) is 8.19. The van der Waals surface area contributed by atoms with Crippen molar-refractivity contribution in [3.63, 3.8) is 0 Å². The summed E-state index contributed by atoms with van der Waals surface area (Å²) >= 11 is 0. The fourth-order valence-electron chi connectivity index (χ4n) is 4.44. The minimum atomic E-state index is -4.63. The SMILES string of the molecule is [B][C@H]1CC(OC)[C@@H](COP(=O)(O)OC2C[C@@H](CCO)O[C@@H]2COP(=O)(O)OC2C[C@H]([B])O[C@@H]2COC)O1. The summed E-state index contributed by atoms with van der Waals surface area (Å²) in [5.74, 6) is 0. The molecule has 3 heterocycles. The standard InChI is InChI=1S/C19H34B2O14P2/c1-27-8-15-14(7-19(21)32-15)35-37(25,26)30-10-17-13(5-11(31-17)3-4-22)34-36(23,24)29-9-16-12(28-2)6-18(20)33-16/h11-19,22H,3-10H2,1-2H3,(H,23,24)(H,25,26)/t11-,12?,13?,14?,15-,16-,17-,18-,19-/m1/s1. The number of methoxy groups -OCH3 is 2. The normalized spacial score (nSPS) is 39.5. The summed E-state index contributed by atoms with van der Waals surface area (Å²) in [5, 5.41) is 9.26. The zero-order valence-corrected chi connectivity index (χ0v) is 22.5. The Morgan fingerprint density at radius 3 is 1.78 bits per heavy atom. The minimum absolute atomic E-state index is 0.0948. The molecule has 14 nitrogen and oxygen atoms in total. The number of phosphoric ester groups is 2. The molecule has 0 saturated carbocycles. The van der Waals surface area contributed by atoms with Crippen LogP contribution in [0.15, 0.2) is 0 Å². The van der Waals surface area contributed by atoms with Crippen molar-refractivity contribution in [1.29, 1.82) is 0 Å². The molecule has 0 aromatic heterocycles. The molecule has 3 aliphatic rings. The van der Waals surface area contributed by atoms with E-state index in [0.717, 1.165) is 0 Å². The number of hydrogen-bond donors (Lipinski definition) is 3. The van der Waals surface area contributed by atoms with Gasteiger partial charge in [0.15, 0.2) is 0 Å². The maximum absolute atomic E-state index is 12.6. The molecule has 0 aromatic carbocycles. The molecule has 3 saturated heterocycles. The zero-order chi connectivity index (χ0) is 27.2. The average Bonchev–Trinajstić information content (AvgIpc) is 3.47. The highest BCUT2D eigenvalue weighted by molar-refractivity contribution is 7.47. The van der Waals surface area contributed by atoms with Crippen molar-refractivity contribution >= 4 is 31.3 Å². The predicted molar refractivity (Wildman–Crippen MR) is 127 cm³/mol. The van der Waals surface area contributed by atoms with E-state index in [1.54, 1.807) is 0 Å². The van der Waals surface area contributed by atoms with Gasteiger partial charge in [0.25, 0.3) is 0 Å². The van der Waals surface area contributed by atoms with Crippen LogP contribution in [0, 0.1) is 0 Å². The maximum atomic E-state index is 12.6. The van der Waals surface area contributed by atoms with Crippen LogP contribution in [0.25, 0.3) is 0 Å². The Morgan fingerprint density at radius 1 is 0.784 bits per heavy atom. The molecule has 0 spiro atoms. The highest BCUT2D eigenvalue weighted by Gasteiger charge is 2.44. The molecule has 0 aliphatic carbocycles. The van der Waals surface area contributed by atoms with Crippen LogP contribution in [0.1, 0.15) is 25.7 Å². The molecule has 3 N–H and O–H groups in total. The van der Waals surface area contributed by atoms with Crippen molar-refractivity contribution in [2.45, 2.75) is 80.4 Å². The largest absolute Gasteiger partial charge is 0.472 e. The van der Waals surface area contributed by atoms with Gasteiger partial charge in [0.2, 0.25) is 0 Å². The molecule has 0 amide bonds. The summed E-state index contributed by atoms with van der Waals surface area (Å²) in [4.78, 5) is 20.5. The van der Waals surface area contributed by atoms with Gasteiger partial charge in [-0.15, -0.1) is 0 Å². The van der Waals surface area contributed by atoms with Gasteiger partial charge in [-0.2, -0.15) is 0 Å². The third-order valence-electron chi connectivity index (χ3n) is 6.16. The Balaban J connectivity index is 1.56.